The number of hydrogen-bond donors (Lipinski definition) is 0. The summed E-state index contributed by atoms with van der Waals surface area (Å²) in [6.45, 7) is 12.1. The average Bonchev–Trinajstić information content (AvgIpc) is 2.15. The Kier molecular flexibility index (Phi) is 3.99. The van der Waals surface area contributed by atoms with Gasteiger partial charge in [0, 0.05) is 0 Å². The molecule has 1 unspecified atom stereocenters. The third-order valence-corrected chi connectivity index (χ3v) is 8.88. The molecule has 1 atom stereocenters. The molecule has 0 aromatic heterocycles. The Bertz CT molecular complexity index is 253. The summed E-state index contributed by atoms with van der Waals surface area (Å²) in [5.41, 5.74) is 2.55. The van der Waals surface area contributed by atoms with Crippen LogP contribution in [0.4, 0.5) is 0 Å². The summed E-state index contributed by atoms with van der Waals surface area (Å²) in [6, 6.07) is 0. The van der Waals surface area contributed by atoms with E-state index < -0.39 is 8.07 Å². The van der Waals surface area contributed by atoms with Crippen molar-refractivity contribution >= 4 is 8.07 Å². The highest BCUT2D eigenvalue weighted by Crippen LogP contribution is 2.37. The second-order valence-electron chi connectivity index (χ2n) is 6.35. The molecular formula is C14H26Si. The zero-order chi connectivity index (χ0) is 11.5. The lowest BCUT2D eigenvalue weighted by molar-refractivity contribution is 0.630. The smallest absolute Gasteiger partial charge is 0.0766 e. The van der Waals surface area contributed by atoms with Crippen molar-refractivity contribution in [2.75, 3.05) is 0 Å². The fraction of sp³-hybridized carbons (Fsp3) is 0.714. The topological polar surface area (TPSA) is 0 Å². The van der Waals surface area contributed by atoms with Gasteiger partial charge in [0.2, 0.25) is 0 Å². The fourth-order valence-corrected chi connectivity index (χ4v) is 2.84. The van der Waals surface area contributed by atoms with E-state index in [0.717, 1.165) is 0 Å². The molecule has 0 aliphatic heterocycles. The molecule has 1 heteroatoms. The summed E-state index contributed by atoms with van der Waals surface area (Å²) in [6.07, 6.45) is 11.2. The van der Waals surface area contributed by atoms with Crippen LogP contribution in [0.5, 0.6) is 0 Å². The maximum Gasteiger partial charge on any atom is 0.0766 e. The van der Waals surface area contributed by atoms with E-state index in [4.69, 9.17) is 0 Å². The van der Waals surface area contributed by atoms with Gasteiger partial charge in [-0.25, -0.2) is 0 Å². The molecule has 0 bridgehead atoms. The number of allylic oxidation sites excluding steroid dienone is 3. The third-order valence-electron chi connectivity index (χ3n) is 3.98. The lowest BCUT2D eigenvalue weighted by Crippen LogP contribution is -2.35. The van der Waals surface area contributed by atoms with Crippen LogP contribution in [0.1, 0.15) is 40.0 Å². The zero-order valence-corrected chi connectivity index (χ0v) is 12.0. The SMILES string of the molecule is CC(C)(C)[Si](C)(C)/C=C\C1C=CCCC1. The maximum atomic E-state index is 2.55. The quantitative estimate of drug-likeness (QED) is 0.458. The van der Waals surface area contributed by atoms with Gasteiger partial charge in [0.15, 0.2) is 0 Å². The van der Waals surface area contributed by atoms with Crippen LogP contribution in [-0.4, -0.2) is 8.07 Å². The molecule has 1 aliphatic carbocycles. The Hall–Kier alpha value is -0.303. The minimum Gasteiger partial charge on any atom is -0.0976 e. The maximum absolute atomic E-state index is 2.55. The number of rotatable bonds is 2. The first-order valence-corrected chi connectivity index (χ1v) is 9.27. The molecule has 0 aromatic rings. The summed E-state index contributed by atoms with van der Waals surface area (Å²) in [4.78, 5) is 0. The molecule has 0 amide bonds. The Morgan fingerprint density at radius 1 is 1.27 bits per heavy atom. The van der Waals surface area contributed by atoms with Crippen molar-refractivity contribution in [3.8, 4) is 0 Å². The van der Waals surface area contributed by atoms with E-state index in [1.807, 2.05) is 0 Å². The van der Waals surface area contributed by atoms with Crippen LogP contribution >= 0.6 is 0 Å². The minimum atomic E-state index is -1.20. The van der Waals surface area contributed by atoms with Gasteiger partial charge in [0.05, 0.1) is 8.07 Å². The van der Waals surface area contributed by atoms with Crippen LogP contribution in [0.2, 0.25) is 18.1 Å². The van der Waals surface area contributed by atoms with Crippen LogP contribution in [-0.2, 0) is 0 Å². The predicted molar refractivity (Wildman–Crippen MR) is 72.8 cm³/mol. The minimum absolute atomic E-state index is 0.474. The van der Waals surface area contributed by atoms with Crippen LogP contribution < -0.4 is 0 Å². The summed E-state index contributed by atoms with van der Waals surface area (Å²) in [7, 11) is -1.20. The molecule has 15 heavy (non-hydrogen) atoms. The molecule has 1 rings (SSSR count). The van der Waals surface area contributed by atoms with Gasteiger partial charge in [-0.15, -0.1) is 0 Å². The van der Waals surface area contributed by atoms with Crippen molar-refractivity contribution < 1.29 is 0 Å². The van der Waals surface area contributed by atoms with Gasteiger partial charge in [0.25, 0.3) is 0 Å². The lowest BCUT2D eigenvalue weighted by atomic mass is 9.96. The van der Waals surface area contributed by atoms with Crippen molar-refractivity contribution in [3.05, 3.63) is 23.9 Å². The zero-order valence-electron chi connectivity index (χ0n) is 11.0. The molecule has 0 saturated carbocycles. The number of hydrogen-bond acceptors (Lipinski definition) is 0. The predicted octanol–water partition coefficient (Wildman–Crippen LogP) is 4.95. The van der Waals surface area contributed by atoms with Crippen molar-refractivity contribution in [1.82, 2.24) is 0 Å². The van der Waals surface area contributed by atoms with Crippen molar-refractivity contribution in [2.24, 2.45) is 5.92 Å². The van der Waals surface area contributed by atoms with Crippen molar-refractivity contribution in [3.63, 3.8) is 0 Å². The van der Waals surface area contributed by atoms with Gasteiger partial charge >= 0.3 is 0 Å². The van der Waals surface area contributed by atoms with Crippen LogP contribution in [0.3, 0.4) is 0 Å². The second-order valence-corrected chi connectivity index (χ2v) is 11.6. The first-order chi connectivity index (χ1) is 6.83. The van der Waals surface area contributed by atoms with Crippen LogP contribution in [0.25, 0.3) is 0 Å². The van der Waals surface area contributed by atoms with Gasteiger partial charge < -0.3 is 0 Å². The average molecular weight is 222 g/mol. The molecule has 0 heterocycles. The second kappa shape index (κ2) is 4.69. The van der Waals surface area contributed by atoms with Gasteiger partial charge in [0.1, 0.15) is 0 Å². The molecule has 0 saturated heterocycles. The molecule has 0 fully saturated rings. The Labute approximate surface area is 96.5 Å². The molecule has 86 valence electrons. The summed E-state index contributed by atoms with van der Waals surface area (Å²) in [5, 5.41) is 0.474. The van der Waals surface area contributed by atoms with E-state index >= 15 is 0 Å². The monoisotopic (exact) mass is 222 g/mol. The summed E-state index contributed by atoms with van der Waals surface area (Å²) in [5.74, 6) is 0.716. The first kappa shape index (κ1) is 12.8. The van der Waals surface area contributed by atoms with Gasteiger partial charge in [-0.2, -0.15) is 0 Å². The van der Waals surface area contributed by atoms with Gasteiger partial charge in [-0.3, -0.25) is 0 Å². The van der Waals surface area contributed by atoms with E-state index in [-0.39, 0.29) is 0 Å². The standard InChI is InChI=1S/C14H26Si/c1-14(2,3)15(4,5)12-11-13-9-7-6-8-10-13/h7,9,11-13H,6,8,10H2,1-5H3/b12-11-. The third kappa shape index (κ3) is 3.64. The Balaban J connectivity index is 2.63. The van der Waals surface area contributed by atoms with Crippen LogP contribution in [0, 0.1) is 5.92 Å². The molecular weight excluding hydrogens is 196 g/mol. The fourth-order valence-electron chi connectivity index (χ4n) is 1.61. The van der Waals surface area contributed by atoms with Crippen molar-refractivity contribution in [2.45, 2.75) is 58.2 Å². The van der Waals surface area contributed by atoms with Gasteiger partial charge in [-0.1, -0.05) is 57.8 Å². The summed E-state index contributed by atoms with van der Waals surface area (Å²) >= 11 is 0. The molecule has 0 aromatic carbocycles. The normalized spacial score (nSPS) is 23.7. The van der Waals surface area contributed by atoms with Gasteiger partial charge in [-0.05, 0) is 30.2 Å². The largest absolute Gasteiger partial charge is 0.0976 e. The van der Waals surface area contributed by atoms with E-state index in [0.29, 0.717) is 11.0 Å². The van der Waals surface area contributed by atoms with E-state index in [9.17, 15) is 0 Å². The molecule has 1 aliphatic rings. The van der Waals surface area contributed by atoms with E-state index in [1.54, 1.807) is 0 Å². The van der Waals surface area contributed by atoms with Crippen molar-refractivity contribution in [1.29, 1.82) is 0 Å². The summed E-state index contributed by atoms with van der Waals surface area (Å²) < 4.78 is 0. The Morgan fingerprint density at radius 2 is 1.93 bits per heavy atom. The molecule has 0 radical (unpaired) electrons. The highest BCUT2D eigenvalue weighted by atomic mass is 28.3. The Morgan fingerprint density at radius 3 is 2.40 bits per heavy atom. The molecule has 0 spiro atoms. The van der Waals surface area contributed by atoms with Crippen LogP contribution in [0.15, 0.2) is 23.9 Å². The van der Waals surface area contributed by atoms with E-state index in [1.165, 1.54) is 19.3 Å². The van der Waals surface area contributed by atoms with E-state index in [2.05, 4.69) is 57.8 Å². The highest BCUT2D eigenvalue weighted by Gasteiger charge is 2.32. The highest BCUT2D eigenvalue weighted by molar-refractivity contribution is 6.84. The lowest BCUT2D eigenvalue weighted by Gasteiger charge is -2.34. The first-order valence-electron chi connectivity index (χ1n) is 6.19. The molecule has 0 nitrogen and oxygen atoms in total. The molecule has 0 N–H and O–H groups in total.